The van der Waals surface area contributed by atoms with Gasteiger partial charge in [0.15, 0.2) is 5.78 Å². The maximum absolute atomic E-state index is 12.1. The van der Waals surface area contributed by atoms with Crippen molar-refractivity contribution >= 4 is 5.78 Å². The maximum atomic E-state index is 12.1. The third-order valence-corrected chi connectivity index (χ3v) is 4.91. The van der Waals surface area contributed by atoms with Gasteiger partial charge < -0.3 is 0 Å². The molecule has 0 unspecified atom stereocenters. The molecule has 0 radical (unpaired) electrons. The van der Waals surface area contributed by atoms with E-state index >= 15 is 0 Å². The monoisotopic (exact) mass is 367 g/mol. The summed E-state index contributed by atoms with van der Waals surface area (Å²) in [5.74, 6) is 0.178. The summed E-state index contributed by atoms with van der Waals surface area (Å²) in [5.41, 5.74) is 5.85. The number of carbonyl (C=O) groups is 1. The number of nitrogens with zero attached hydrogens (tertiary/aromatic N) is 5. The maximum Gasteiger partial charge on any atom is 0.164 e. The second-order valence-electron chi connectivity index (χ2n) is 6.75. The molecule has 0 bridgehead atoms. The number of fused-ring (bicyclic) bond motifs is 1. The van der Waals surface area contributed by atoms with E-state index in [9.17, 15) is 4.79 Å². The number of pyridine rings is 3. The molecular weight excluding hydrogens is 350 g/mol. The molecule has 4 aromatic rings. The van der Waals surface area contributed by atoms with Gasteiger partial charge in [-0.05, 0) is 55.3 Å². The highest BCUT2D eigenvalue weighted by atomic mass is 16.1. The zero-order chi connectivity index (χ0) is 18.9. The van der Waals surface area contributed by atoms with Crippen molar-refractivity contribution in [2.24, 2.45) is 0 Å². The van der Waals surface area contributed by atoms with Crippen molar-refractivity contribution < 1.29 is 4.79 Å². The van der Waals surface area contributed by atoms with Crippen molar-refractivity contribution in [3.63, 3.8) is 0 Å². The molecule has 0 N–H and O–H groups in total. The Morgan fingerprint density at radius 1 is 0.893 bits per heavy atom. The summed E-state index contributed by atoms with van der Waals surface area (Å²) < 4.78 is 1.84. The SMILES string of the molecule is O=C1CCCc2nc(-c3cc(-c4cccnc4)nn3-c3cccnc3)ccc21. The molecule has 4 heterocycles. The predicted molar refractivity (Wildman–Crippen MR) is 105 cm³/mol. The number of hydrogen-bond acceptors (Lipinski definition) is 5. The van der Waals surface area contributed by atoms with Crippen LogP contribution in [0.15, 0.2) is 67.3 Å². The summed E-state index contributed by atoms with van der Waals surface area (Å²) in [6.45, 7) is 0. The molecule has 0 spiro atoms. The number of carbonyl (C=O) groups excluding carboxylic acids is 1. The summed E-state index contributed by atoms with van der Waals surface area (Å²) in [4.78, 5) is 25.4. The van der Waals surface area contributed by atoms with Crippen molar-refractivity contribution in [2.45, 2.75) is 19.3 Å². The van der Waals surface area contributed by atoms with E-state index in [0.29, 0.717) is 6.42 Å². The van der Waals surface area contributed by atoms with Gasteiger partial charge in [-0.2, -0.15) is 5.10 Å². The van der Waals surface area contributed by atoms with Crippen LogP contribution in [0.1, 0.15) is 28.9 Å². The van der Waals surface area contributed by atoms with Gasteiger partial charge in [0.2, 0.25) is 0 Å². The van der Waals surface area contributed by atoms with Gasteiger partial charge in [-0.15, -0.1) is 0 Å². The van der Waals surface area contributed by atoms with Crippen molar-refractivity contribution in [3.05, 3.63) is 78.5 Å². The lowest BCUT2D eigenvalue weighted by Gasteiger charge is -2.15. The number of Topliss-reactive ketones (excluding diaryl/α,β-unsaturated/α-hetero) is 1. The Hall–Kier alpha value is -3.67. The zero-order valence-electron chi connectivity index (χ0n) is 15.1. The Bertz CT molecular complexity index is 1150. The fourth-order valence-corrected chi connectivity index (χ4v) is 3.53. The van der Waals surface area contributed by atoms with E-state index in [2.05, 4.69) is 9.97 Å². The second kappa shape index (κ2) is 6.81. The highest BCUT2D eigenvalue weighted by Gasteiger charge is 2.21. The number of aromatic nitrogens is 5. The van der Waals surface area contributed by atoms with Crippen molar-refractivity contribution in [3.8, 4) is 28.3 Å². The van der Waals surface area contributed by atoms with Crippen LogP contribution in [0.3, 0.4) is 0 Å². The molecule has 136 valence electrons. The van der Waals surface area contributed by atoms with E-state index in [0.717, 1.165) is 52.4 Å². The summed E-state index contributed by atoms with van der Waals surface area (Å²) in [6.07, 6.45) is 9.31. The fourth-order valence-electron chi connectivity index (χ4n) is 3.53. The van der Waals surface area contributed by atoms with Gasteiger partial charge in [0, 0.05) is 36.1 Å². The van der Waals surface area contributed by atoms with Gasteiger partial charge in [-0.3, -0.25) is 19.7 Å². The minimum atomic E-state index is 0.178. The van der Waals surface area contributed by atoms with E-state index < -0.39 is 0 Å². The van der Waals surface area contributed by atoms with Crippen molar-refractivity contribution in [1.82, 2.24) is 24.7 Å². The van der Waals surface area contributed by atoms with E-state index in [1.54, 1.807) is 24.8 Å². The molecule has 6 nitrogen and oxygen atoms in total. The van der Waals surface area contributed by atoms with E-state index in [4.69, 9.17) is 10.1 Å². The van der Waals surface area contributed by atoms with Gasteiger partial charge in [0.25, 0.3) is 0 Å². The minimum Gasteiger partial charge on any atom is -0.294 e. The van der Waals surface area contributed by atoms with Crippen LogP contribution in [0.25, 0.3) is 28.3 Å². The first-order chi connectivity index (χ1) is 13.8. The first-order valence-electron chi connectivity index (χ1n) is 9.24. The lowest BCUT2D eigenvalue weighted by Crippen LogP contribution is -2.13. The van der Waals surface area contributed by atoms with Crippen molar-refractivity contribution in [2.75, 3.05) is 0 Å². The standard InChI is InChI=1S/C22H17N5O/c28-22-7-1-6-18-17(22)8-9-19(25-18)21-12-20(15-4-2-10-23-13-15)26-27(21)16-5-3-11-24-14-16/h2-5,8-14H,1,6-7H2. The molecule has 0 amide bonds. The Balaban J connectivity index is 1.68. The third-order valence-electron chi connectivity index (χ3n) is 4.91. The molecule has 28 heavy (non-hydrogen) atoms. The molecule has 0 aromatic carbocycles. The molecule has 0 saturated heterocycles. The Labute approximate surface area is 161 Å². The van der Waals surface area contributed by atoms with E-state index in [1.165, 1.54) is 0 Å². The van der Waals surface area contributed by atoms with Gasteiger partial charge in [-0.25, -0.2) is 4.68 Å². The van der Waals surface area contributed by atoms with Crippen LogP contribution < -0.4 is 0 Å². The first-order valence-corrected chi connectivity index (χ1v) is 9.24. The van der Waals surface area contributed by atoms with Gasteiger partial charge in [0.05, 0.1) is 34.7 Å². The fraction of sp³-hybridized carbons (Fsp3) is 0.136. The normalized spacial score (nSPS) is 13.4. The number of aryl methyl sites for hydroxylation is 1. The quantitative estimate of drug-likeness (QED) is 0.549. The van der Waals surface area contributed by atoms with E-state index in [-0.39, 0.29) is 5.78 Å². The molecule has 0 fully saturated rings. The molecule has 5 rings (SSSR count). The molecule has 6 heteroatoms. The Kier molecular flexibility index (Phi) is 4.01. The minimum absolute atomic E-state index is 0.178. The van der Waals surface area contributed by atoms with Crippen molar-refractivity contribution in [1.29, 1.82) is 0 Å². The predicted octanol–water partition coefficient (Wildman–Crippen LogP) is 3.91. The van der Waals surface area contributed by atoms with Crippen LogP contribution in [0.5, 0.6) is 0 Å². The number of hydrogen-bond donors (Lipinski definition) is 0. The highest BCUT2D eigenvalue weighted by molar-refractivity contribution is 5.98. The second-order valence-corrected chi connectivity index (χ2v) is 6.75. The summed E-state index contributed by atoms with van der Waals surface area (Å²) in [5, 5.41) is 4.78. The van der Waals surface area contributed by atoms with Crippen LogP contribution in [0.2, 0.25) is 0 Å². The summed E-state index contributed by atoms with van der Waals surface area (Å²) in [7, 11) is 0. The average Bonchev–Trinajstić information content (AvgIpc) is 3.21. The van der Waals surface area contributed by atoms with Crippen LogP contribution in [-0.4, -0.2) is 30.5 Å². The number of ketones is 1. The first kappa shape index (κ1) is 16.5. The average molecular weight is 367 g/mol. The molecule has 0 saturated carbocycles. The lowest BCUT2D eigenvalue weighted by molar-refractivity contribution is 0.0971. The van der Waals surface area contributed by atoms with Gasteiger partial charge in [0.1, 0.15) is 0 Å². The molecule has 1 aliphatic carbocycles. The lowest BCUT2D eigenvalue weighted by atomic mass is 9.94. The largest absolute Gasteiger partial charge is 0.294 e. The van der Waals surface area contributed by atoms with Crippen LogP contribution in [0, 0.1) is 0 Å². The zero-order valence-corrected chi connectivity index (χ0v) is 15.1. The summed E-state index contributed by atoms with van der Waals surface area (Å²) >= 11 is 0. The molecule has 1 aliphatic rings. The van der Waals surface area contributed by atoms with Gasteiger partial charge in [-0.1, -0.05) is 0 Å². The van der Waals surface area contributed by atoms with Crippen LogP contribution >= 0.6 is 0 Å². The van der Waals surface area contributed by atoms with Crippen LogP contribution in [0.4, 0.5) is 0 Å². The third kappa shape index (κ3) is 2.89. The highest BCUT2D eigenvalue weighted by Crippen LogP contribution is 2.29. The molecular formula is C22H17N5O. The number of rotatable bonds is 3. The van der Waals surface area contributed by atoms with Gasteiger partial charge >= 0.3 is 0 Å². The molecule has 4 aromatic heterocycles. The summed E-state index contributed by atoms with van der Waals surface area (Å²) in [6, 6.07) is 13.5. The topological polar surface area (TPSA) is 73.6 Å². The Morgan fingerprint density at radius 3 is 2.54 bits per heavy atom. The van der Waals surface area contributed by atoms with Crippen LogP contribution in [-0.2, 0) is 6.42 Å². The molecule has 0 atom stereocenters. The van der Waals surface area contributed by atoms with E-state index in [1.807, 2.05) is 47.1 Å². The smallest absolute Gasteiger partial charge is 0.164 e. The molecule has 0 aliphatic heterocycles. The Morgan fingerprint density at radius 2 is 1.75 bits per heavy atom.